The summed E-state index contributed by atoms with van der Waals surface area (Å²) >= 11 is 0. The lowest BCUT2D eigenvalue weighted by atomic mass is 9.77. The van der Waals surface area contributed by atoms with Crippen LogP contribution in [0.4, 0.5) is 5.82 Å². The molecule has 4 rings (SSSR count). The molecule has 0 radical (unpaired) electrons. The second-order valence-electron chi connectivity index (χ2n) is 8.21. The van der Waals surface area contributed by atoms with Crippen molar-refractivity contribution in [2.24, 2.45) is 5.41 Å². The van der Waals surface area contributed by atoms with E-state index in [0.717, 1.165) is 37.6 Å². The van der Waals surface area contributed by atoms with Gasteiger partial charge in [-0.2, -0.15) is 4.98 Å². The van der Waals surface area contributed by atoms with E-state index >= 15 is 0 Å². The van der Waals surface area contributed by atoms with Crippen molar-refractivity contribution in [3.05, 3.63) is 12.1 Å². The van der Waals surface area contributed by atoms with E-state index in [4.69, 9.17) is 18.8 Å². The van der Waals surface area contributed by atoms with Crippen LogP contribution in [0.15, 0.2) is 12.1 Å². The Morgan fingerprint density at radius 1 is 1.08 bits per heavy atom. The molecule has 0 atom stereocenters. The first-order valence-electron chi connectivity index (χ1n) is 8.49. The highest BCUT2D eigenvalue weighted by atomic mass is 16.7. The summed E-state index contributed by atoms with van der Waals surface area (Å²) < 4.78 is 23.1. The number of hydrogen-bond donors (Lipinski definition) is 0. The Bertz CT molecular complexity index is 636. The van der Waals surface area contributed by atoms with Gasteiger partial charge < -0.3 is 23.7 Å². The second-order valence-corrected chi connectivity index (χ2v) is 8.21. The third-order valence-electron chi connectivity index (χ3n) is 5.77. The summed E-state index contributed by atoms with van der Waals surface area (Å²) in [5, 5.41) is 0. The first kappa shape index (κ1) is 16.2. The van der Waals surface area contributed by atoms with Gasteiger partial charge in [0.05, 0.1) is 36.9 Å². The normalized spacial score (nSPS) is 26.2. The predicted molar refractivity (Wildman–Crippen MR) is 92.0 cm³/mol. The summed E-state index contributed by atoms with van der Waals surface area (Å²) in [6.07, 6.45) is 0. The van der Waals surface area contributed by atoms with Crippen LogP contribution in [0.3, 0.4) is 0 Å². The quantitative estimate of drug-likeness (QED) is 0.776. The zero-order valence-corrected chi connectivity index (χ0v) is 15.1. The molecule has 0 N–H and O–H groups in total. The lowest BCUT2D eigenvalue weighted by Crippen LogP contribution is -2.66. The highest BCUT2D eigenvalue weighted by Gasteiger charge is 2.53. The standard InChI is InChI=1S/C17H25BN2O4/c1-15(2)16(3,4)24-18(23-15)12-6-7-13(19-14(12)21-5)20-8-17(9-20)10-22-11-17/h6-7H,8-11H2,1-5H3. The van der Waals surface area contributed by atoms with E-state index < -0.39 is 7.12 Å². The molecule has 3 aliphatic heterocycles. The maximum atomic E-state index is 6.12. The molecule has 4 heterocycles. The smallest absolute Gasteiger partial charge is 0.481 e. The highest BCUT2D eigenvalue weighted by Crippen LogP contribution is 2.40. The molecule has 3 aliphatic rings. The fraction of sp³-hybridized carbons (Fsp3) is 0.706. The van der Waals surface area contributed by atoms with Crippen LogP contribution >= 0.6 is 0 Å². The number of aromatic nitrogens is 1. The number of methoxy groups -OCH3 is 1. The van der Waals surface area contributed by atoms with Crippen LogP contribution in [0, 0.1) is 5.41 Å². The molecule has 0 bridgehead atoms. The van der Waals surface area contributed by atoms with E-state index in [1.807, 2.05) is 39.8 Å². The topological polar surface area (TPSA) is 53.1 Å². The molecule has 1 aromatic rings. The number of rotatable bonds is 3. The molecule has 1 aromatic heterocycles. The van der Waals surface area contributed by atoms with E-state index in [0.29, 0.717) is 11.3 Å². The van der Waals surface area contributed by atoms with Crippen LogP contribution < -0.4 is 15.1 Å². The van der Waals surface area contributed by atoms with E-state index in [1.54, 1.807) is 7.11 Å². The van der Waals surface area contributed by atoms with Crippen molar-refractivity contribution < 1.29 is 18.8 Å². The van der Waals surface area contributed by atoms with Gasteiger partial charge in [-0.05, 0) is 33.8 Å². The molecule has 7 heteroatoms. The molecule has 6 nitrogen and oxygen atoms in total. The van der Waals surface area contributed by atoms with Crippen LogP contribution in [0.2, 0.25) is 0 Å². The van der Waals surface area contributed by atoms with E-state index in [-0.39, 0.29) is 11.2 Å². The second kappa shape index (κ2) is 5.10. The Morgan fingerprint density at radius 2 is 1.71 bits per heavy atom. The molecule has 0 aliphatic carbocycles. The summed E-state index contributed by atoms with van der Waals surface area (Å²) in [4.78, 5) is 6.94. The Kier molecular flexibility index (Phi) is 3.44. The average Bonchev–Trinajstić information content (AvgIpc) is 2.64. The maximum Gasteiger partial charge on any atom is 0.500 e. The third kappa shape index (κ3) is 2.33. The first-order chi connectivity index (χ1) is 11.3. The van der Waals surface area contributed by atoms with Crippen LogP contribution in [0.25, 0.3) is 0 Å². The summed E-state index contributed by atoms with van der Waals surface area (Å²) in [6, 6.07) is 4.03. The van der Waals surface area contributed by atoms with Gasteiger partial charge >= 0.3 is 7.12 Å². The first-order valence-corrected chi connectivity index (χ1v) is 8.49. The summed E-state index contributed by atoms with van der Waals surface area (Å²) in [6.45, 7) is 11.9. The molecular formula is C17H25BN2O4. The average molecular weight is 332 g/mol. The zero-order chi connectivity index (χ0) is 17.2. The van der Waals surface area contributed by atoms with Gasteiger partial charge in [0.1, 0.15) is 5.82 Å². The minimum absolute atomic E-state index is 0.360. The zero-order valence-electron chi connectivity index (χ0n) is 15.1. The van der Waals surface area contributed by atoms with Crippen molar-refractivity contribution in [3.63, 3.8) is 0 Å². The van der Waals surface area contributed by atoms with Crippen molar-refractivity contribution >= 4 is 18.4 Å². The molecule has 3 saturated heterocycles. The largest absolute Gasteiger partial charge is 0.500 e. The molecule has 0 amide bonds. The molecule has 3 fully saturated rings. The fourth-order valence-electron chi connectivity index (χ4n) is 3.43. The molecule has 130 valence electrons. The SMILES string of the molecule is COc1nc(N2CC3(COC3)C2)ccc1B1OC(C)(C)C(C)(C)O1. The number of ether oxygens (including phenoxy) is 2. The Labute approximate surface area is 143 Å². The van der Waals surface area contributed by atoms with Crippen molar-refractivity contribution in [2.45, 2.75) is 38.9 Å². The van der Waals surface area contributed by atoms with Gasteiger partial charge in [-0.1, -0.05) is 6.07 Å². The maximum absolute atomic E-state index is 6.12. The van der Waals surface area contributed by atoms with E-state index in [1.165, 1.54) is 0 Å². The Balaban J connectivity index is 1.55. The summed E-state index contributed by atoms with van der Waals surface area (Å²) in [5.41, 5.74) is 0.437. The van der Waals surface area contributed by atoms with Crippen molar-refractivity contribution in [2.75, 3.05) is 38.3 Å². The summed E-state index contributed by atoms with van der Waals surface area (Å²) in [5.74, 6) is 1.50. The lowest BCUT2D eigenvalue weighted by Gasteiger charge is -2.55. The fourth-order valence-corrected chi connectivity index (χ4v) is 3.43. The number of anilines is 1. The molecule has 1 spiro atoms. The number of pyridine rings is 1. The predicted octanol–water partition coefficient (Wildman–Crippen LogP) is 1.23. The highest BCUT2D eigenvalue weighted by molar-refractivity contribution is 6.63. The molecule has 0 aromatic carbocycles. The van der Waals surface area contributed by atoms with Gasteiger partial charge in [0.25, 0.3) is 0 Å². The van der Waals surface area contributed by atoms with Crippen LogP contribution in [0.5, 0.6) is 5.88 Å². The summed E-state index contributed by atoms with van der Waals surface area (Å²) in [7, 11) is 1.17. The van der Waals surface area contributed by atoms with Gasteiger partial charge in [0, 0.05) is 18.6 Å². The number of hydrogen-bond acceptors (Lipinski definition) is 6. The van der Waals surface area contributed by atoms with Gasteiger partial charge in [0.2, 0.25) is 5.88 Å². The van der Waals surface area contributed by atoms with Crippen molar-refractivity contribution in [1.29, 1.82) is 0 Å². The van der Waals surface area contributed by atoms with Crippen LogP contribution in [-0.2, 0) is 14.0 Å². The lowest BCUT2D eigenvalue weighted by molar-refractivity contribution is -0.127. The van der Waals surface area contributed by atoms with Crippen LogP contribution in [0.1, 0.15) is 27.7 Å². The number of nitrogens with zero attached hydrogens (tertiary/aromatic N) is 2. The minimum atomic E-state index is -0.464. The van der Waals surface area contributed by atoms with Gasteiger partial charge in [-0.15, -0.1) is 0 Å². The minimum Gasteiger partial charge on any atom is -0.481 e. The molecule has 0 saturated carbocycles. The Hall–Kier alpha value is -1.31. The molecule has 24 heavy (non-hydrogen) atoms. The van der Waals surface area contributed by atoms with E-state index in [2.05, 4.69) is 9.88 Å². The van der Waals surface area contributed by atoms with Crippen molar-refractivity contribution in [3.8, 4) is 5.88 Å². The molecule has 0 unspecified atom stereocenters. The van der Waals surface area contributed by atoms with Gasteiger partial charge in [-0.3, -0.25) is 0 Å². The van der Waals surface area contributed by atoms with Gasteiger partial charge in [-0.25, -0.2) is 0 Å². The van der Waals surface area contributed by atoms with Crippen molar-refractivity contribution in [1.82, 2.24) is 4.98 Å². The van der Waals surface area contributed by atoms with E-state index in [9.17, 15) is 0 Å². The Morgan fingerprint density at radius 3 is 2.21 bits per heavy atom. The third-order valence-corrected chi connectivity index (χ3v) is 5.77. The molecular weight excluding hydrogens is 307 g/mol. The monoisotopic (exact) mass is 332 g/mol. The van der Waals surface area contributed by atoms with Gasteiger partial charge in [0.15, 0.2) is 0 Å². The van der Waals surface area contributed by atoms with Crippen LogP contribution in [-0.4, -0.2) is 56.7 Å².